The predicted molar refractivity (Wildman–Crippen MR) is 95.3 cm³/mol. The van der Waals surface area contributed by atoms with E-state index in [4.69, 9.17) is 11.6 Å². The van der Waals surface area contributed by atoms with Gasteiger partial charge >= 0.3 is 6.03 Å². The molecule has 5 nitrogen and oxygen atoms in total. The van der Waals surface area contributed by atoms with Crippen LogP contribution in [0.3, 0.4) is 0 Å². The van der Waals surface area contributed by atoms with Crippen LogP contribution in [0.15, 0.2) is 18.2 Å². The molecule has 0 saturated carbocycles. The Kier molecular flexibility index (Phi) is 5.29. The maximum absolute atomic E-state index is 12.5. The number of aryl methyl sites for hydroxylation is 1. The lowest BCUT2D eigenvalue weighted by molar-refractivity contribution is -0.121. The molecule has 1 atom stereocenters. The number of carbonyl (C=O) groups is 2. The van der Waals surface area contributed by atoms with E-state index in [1.807, 2.05) is 28.9 Å². The Morgan fingerprint density at radius 1 is 1.12 bits per heavy atom. The van der Waals surface area contributed by atoms with Gasteiger partial charge in [0, 0.05) is 36.9 Å². The Bertz CT molecular complexity index is 629. The summed E-state index contributed by atoms with van der Waals surface area (Å²) in [5.41, 5.74) is 1.69. The van der Waals surface area contributed by atoms with E-state index in [1.54, 1.807) is 6.07 Å². The van der Waals surface area contributed by atoms with Crippen molar-refractivity contribution < 1.29 is 9.59 Å². The number of halogens is 1. The number of anilines is 1. The molecule has 2 aliphatic rings. The van der Waals surface area contributed by atoms with Crippen LogP contribution in [0, 0.1) is 12.8 Å². The van der Waals surface area contributed by atoms with Gasteiger partial charge in [0.1, 0.15) is 0 Å². The Hall–Kier alpha value is -1.75. The van der Waals surface area contributed by atoms with Gasteiger partial charge in [-0.25, -0.2) is 4.79 Å². The van der Waals surface area contributed by atoms with Crippen LogP contribution in [-0.4, -0.2) is 47.9 Å². The molecule has 1 aromatic rings. The molecule has 2 fully saturated rings. The molecule has 0 unspecified atom stereocenters. The number of likely N-dealkylation sites (tertiary alicyclic amines) is 2. The van der Waals surface area contributed by atoms with Gasteiger partial charge in [0.15, 0.2) is 0 Å². The molecule has 1 aromatic carbocycles. The van der Waals surface area contributed by atoms with Gasteiger partial charge in [0.25, 0.3) is 0 Å². The summed E-state index contributed by atoms with van der Waals surface area (Å²) in [7, 11) is 0. The maximum Gasteiger partial charge on any atom is 0.320 e. The lowest BCUT2D eigenvalue weighted by Crippen LogP contribution is -2.48. The van der Waals surface area contributed by atoms with Crippen molar-refractivity contribution in [2.75, 3.05) is 31.5 Å². The van der Waals surface area contributed by atoms with Gasteiger partial charge in [0.05, 0.1) is 5.92 Å². The molecular weight excluding hydrogens is 326 g/mol. The molecular formula is C18H24ClN3O2. The third-order valence-corrected chi connectivity index (χ3v) is 5.29. The van der Waals surface area contributed by atoms with E-state index in [2.05, 4.69) is 5.32 Å². The van der Waals surface area contributed by atoms with Crippen molar-refractivity contribution in [2.45, 2.75) is 32.6 Å². The lowest BCUT2D eigenvalue weighted by atomic mass is 9.97. The summed E-state index contributed by atoms with van der Waals surface area (Å²) in [6, 6.07) is 5.60. The highest BCUT2D eigenvalue weighted by molar-refractivity contribution is 6.31. The number of nitrogens with one attached hydrogen (secondary N) is 1. The summed E-state index contributed by atoms with van der Waals surface area (Å²) < 4.78 is 0. The second kappa shape index (κ2) is 7.43. The van der Waals surface area contributed by atoms with Gasteiger partial charge in [0.2, 0.25) is 5.91 Å². The largest absolute Gasteiger partial charge is 0.326 e. The zero-order valence-electron chi connectivity index (χ0n) is 14.1. The molecule has 130 valence electrons. The van der Waals surface area contributed by atoms with Gasteiger partial charge in [-0.3, -0.25) is 4.79 Å². The van der Waals surface area contributed by atoms with Crippen LogP contribution >= 0.6 is 11.6 Å². The zero-order valence-corrected chi connectivity index (χ0v) is 14.8. The normalized spacial score (nSPS) is 21.0. The first-order valence-corrected chi connectivity index (χ1v) is 9.03. The summed E-state index contributed by atoms with van der Waals surface area (Å²) >= 11 is 6.11. The van der Waals surface area contributed by atoms with Crippen molar-refractivity contribution in [1.29, 1.82) is 0 Å². The second-order valence-electron chi connectivity index (χ2n) is 6.72. The number of piperidine rings is 1. The molecule has 0 bridgehead atoms. The third kappa shape index (κ3) is 3.83. The predicted octanol–water partition coefficient (Wildman–Crippen LogP) is 3.51. The number of benzene rings is 1. The fraction of sp³-hybridized carbons (Fsp3) is 0.556. The van der Waals surface area contributed by atoms with Crippen LogP contribution in [0.2, 0.25) is 5.02 Å². The van der Waals surface area contributed by atoms with Crippen LogP contribution in [0.1, 0.15) is 31.2 Å². The first-order chi connectivity index (χ1) is 11.5. The van der Waals surface area contributed by atoms with Crippen LogP contribution in [0.25, 0.3) is 0 Å². The zero-order chi connectivity index (χ0) is 17.1. The molecule has 2 saturated heterocycles. The van der Waals surface area contributed by atoms with Crippen LogP contribution < -0.4 is 5.32 Å². The minimum atomic E-state index is -0.162. The van der Waals surface area contributed by atoms with Gasteiger partial charge in [-0.15, -0.1) is 0 Å². The third-order valence-electron chi connectivity index (χ3n) is 4.88. The van der Waals surface area contributed by atoms with Crippen LogP contribution in [-0.2, 0) is 4.79 Å². The fourth-order valence-corrected chi connectivity index (χ4v) is 3.57. The Balaban J connectivity index is 1.60. The minimum Gasteiger partial charge on any atom is -0.326 e. The summed E-state index contributed by atoms with van der Waals surface area (Å²) in [5.74, 6) is -0.195. The SMILES string of the molecule is Cc1ccc(NC(=O)[C@@H]2CCCN(C(=O)N3CCCC3)C2)cc1Cl. The fourth-order valence-electron chi connectivity index (χ4n) is 3.39. The van der Waals surface area contributed by atoms with E-state index in [0.717, 1.165) is 50.9 Å². The van der Waals surface area contributed by atoms with Crippen molar-refractivity contribution in [3.8, 4) is 0 Å². The number of amides is 3. The van der Waals surface area contributed by atoms with Crippen LogP contribution in [0.5, 0.6) is 0 Å². The summed E-state index contributed by atoms with van der Waals surface area (Å²) in [6.45, 7) is 4.86. The van der Waals surface area contributed by atoms with Gasteiger partial charge in [-0.2, -0.15) is 0 Å². The molecule has 0 radical (unpaired) electrons. The maximum atomic E-state index is 12.5. The topological polar surface area (TPSA) is 52.7 Å². The Morgan fingerprint density at radius 2 is 1.83 bits per heavy atom. The molecule has 0 aromatic heterocycles. The average Bonchev–Trinajstić information content (AvgIpc) is 3.12. The molecule has 1 N–H and O–H groups in total. The molecule has 24 heavy (non-hydrogen) atoms. The Labute approximate surface area is 147 Å². The molecule has 6 heteroatoms. The van der Waals surface area contributed by atoms with E-state index in [9.17, 15) is 9.59 Å². The van der Waals surface area contributed by atoms with E-state index < -0.39 is 0 Å². The van der Waals surface area contributed by atoms with Gasteiger partial charge < -0.3 is 15.1 Å². The van der Waals surface area contributed by atoms with Crippen molar-refractivity contribution in [3.63, 3.8) is 0 Å². The molecule has 3 rings (SSSR count). The van der Waals surface area contributed by atoms with Crippen molar-refractivity contribution in [1.82, 2.24) is 9.80 Å². The van der Waals surface area contributed by atoms with Crippen LogP contribution in [0.4, 0.5) is 10.5 Å². The highest BCUT2D eigenvalue weighted by Gasteiger charge is 2.31. The summed E-state index contributed by atoms with van der Waals surface area (Å²) in [5, 5.41) is 3.57. The van der Waals surface area contributed by atoms with Crippen molar-refractivity contribution in [3.05, 3.63) is 28.8 Å². The van der Waals surface area contributed by atoms with Crippen molar-refractivity contribution in [2.24, 2.45) is 5.92 Å². The smallest absolute Gasteiger partial charge is 0.320 e. The highest BCUT2D eigenvalue weighted by Crippen LogP contribution is 2.23. The molecule has 2 aliphatic heterocycles. The van der Waals surface area contributed by atoms with E-state index in [0.29, 0.717) is 17.3 Å². The molecule has 2 heterocycles. The number of urea groups is 1. The highest BCUT2D eigenvalue weighted by atomic mass is 35.5. The number of carbonyl (C=O) groups excluding carboxylic acids is 2. The number of nitrogens with zero attached hydrogens (tertiary/aromatic N) is 2. The average molecular weight is 350 g/mol. The van der Waals surface area contributed by atoms with E-state index in [-0.39, 0.29) is 17.9 Å². The number of hydrogen-bond donors (Lipinski definition) is 1. The number of hydrogen-bond acceptors (Lipinski definition) is 2. The van der Waals surface area contributed by atoms with E-state index in [1.165, 1.54) is 0 Å². The van der Waals surface area contributed by atoms with Gasteiger partial charge in [-0.1, -0.05) is 17.7 Å². The quantitative estimate of drug-likeness (QED) is 0.888. The molecule has 0 spiro atoms. The summed E-state index contributed by atoms with van der Waals surface area (Å²) in [4.78, 5) is 28.8. The first kappa shape index (κ1) is 17.1. The van der Waals surface area contributed by atoms with Gasteiger partial charge in [-0.05, 0) is 50.3 Å². The molecule has 3 amide bonds. The summed E-state index contributed by atoms with van der Waals surface area (Å²) in [6.07, 6.45) is 3.84. The Morgan fingerprint density at radius 3 is 2.54 bits per heavy atom. The van der Waals surface area contributed by atoms with Crippen molar-refractivity contribution >= 4 is 29.2 Å². The van der Waals surface area contributed by atoms with E-state index >= 15 is 0 Å². The number of rotatable bonds is 2. The minimum absolute atomic E-state index is 0.0335. The monoisotopic (exact) mass is 349 g/mol. The molecule has 0 aliphatic carbocycles. The second-order valence-corrected chi connectivity index (χ2v) is 7.12. The standard InChI is InChI=1S/C18H24ClN3O2/c1-13-6-7-15(11-16(13)19)20-17(23)14-5-4-10-22(12-14)18(24)21-8-2-3-9-21/h6-7,11,14H,2-5,8-10,12H2,1H3,(H,20,23)/t14-/m1/s1. The first-order valence-electron chi connectivity index (χ1n) is 8.65. The lowest BCUT2D eigenvalue weighted by Gasteiger charge is -2.34.